The number of carbonyl (C=O) groups is 2. The van der Waals surface area contributed by atoms with Crippen molar-refractivity contribution >= 4 is 34.3 Å². The van der Waals surface area contributed by atoms with E-state index < -0.39 is 0 Å². The first kappa shape index (κ1) is 24.5. The highest BCUT2D eigenvalue weighted by Gasteiger charge is 2.20. The van der Waals surface area contributed by atoms with Gasteiger partial charge in [0.15, 0.2) is 0 Å². The SMILES string of the molecule is CCc1ccc(NC(=O)NC2CCN(CCNC(=O)Nc3cc(C)nc4ccccc34)CC2)cc1. The number of rotatable bonds is 7. The molecule has 1 saturated heterocycles. The number of aryl methyl sites for hydroxylation is 2. The van der Waals surface area contributed by atoms with E-state index in [0.29, 0.717) is 6.54 Å². The van der Waals surface area contributed by atoms with Crippen molar-refractivity contribution in [2.24, 2.45) is 0 Å². The third-order valence-corrected chi connectivity index (χ3v) is 6.35. The Morgan fingerprint density at radius 1 is 1.00 bits per heavy atom. The quantitative estimate of drug-likeness (QED) is 0.405. The lowest BCUT2D eigenvalue weighted by Gasteiger charge is -2.32. The lowest BCUT2D eigenvalue weighted by Crippen LogP contribution is -2.47. The standard InChI is InChI=1S/C27H34N6O2/c1-3-20-8-10-21(11-9-20)30-27(35)31-22-12-15-33(16-13-22)17-14-28-26(34)32-25-18-19(2)29-24-7-5-4-6-23(24)25/h4-11,18,22H,3,12-17H2,1-2H3,(H2,30,31,35)(H2,28,29,32,34). The van der Waals surface area contributed by atoms with E-state index in [1.165, 1.54) is 5.56 Å². The highest BCUT2D eigenvalue weighted by Crippen LogP contribution is 2.22. The van der Waals surface area contributed by atoms with Crippen molar-refractivity contribution in [2.75, 3.05) is 36.8 Å². The van der Waals surface area contributed by atoms with Gasteiger partial charge in [-0.2, -0.15) is 0 Å². The summed E-state index contributed by atoms with van der Waals surface area (Å²) < 4.78 is 0. The van der Waals surface area contributed by atoms with Crippen LogP contribution in [0.3, 0.4) is 0 Å². The van der Waals surface area contributed by atoms with E-state index in [4.69, 9.17) is 0 Å². The van der Waals surface area contributed by atoms with Crippen molar-refractivity contribution in [3.05, 3.63) is 65.9 Å². The average Bonchev–Trinajstić information content (AvgIpc) is 2.85. The summed E-state index contributed by atoms with van der Waals surface area (Å²) in [6.45, 7) is 7.12. The van der Waals surface area contributed by atoms with E-state index in [0.717, 1.165) is 66.9 Å². The fourth-order valence-corrected chi connectivity index (χ4v) is 4.38. The van der Waals surface area contributed by atoms with Crippen molar-refractivity contribution < 1.29 is 9.59 Å². The molecule has 184 valence electrons. The normalized spacial score (nSPS) is 14.5. The van der Waals surface area contributed by atoms with Crippen molar-refractivity contribution in [1.29, 1.82) is 0 Å². The summed E-state index contributed by atoms with van der Waals surface area (Å²) in [5.41, 5.74) is 4.53. The van der Waals surface area contributed by atoms with Gasteiger partial charge in [0.2, 0.25) is 0 Å². The third kappa shape index (κ3) is 6.93. The molecule has 4 N–H and O–H groups in total. The van der Waals surface area contributed by atoms with Crippen LogP contribution in [0.4, 0.5) is 21.0 Å². The van der Waals surface area contributed by atoms with Crippen molar-refractivity contribution in [3.63, 3.8) is 0 Å². The Kier molecular flexibility index (Phi) is 8.15. The minimum Gasteiger partial charge on any atom is -0.337 e. The van der Waals surface area contributed by atoms with Crippen molar-refractivity contribution in [2.45, 2.75) is 39.2 Å². The summed E-state index contributed by atoms with van der Waals surface area (Å²) in [5.74, 6) is 0. The molecule has 0 unspecified atom stereocenters. The Morgan fingerprint density at radius 3 is 2.49 bits per heavy atom. The molecule has 1 aromatic heterocycles. The second-order valence-electron chi connectivity index (χ2n) is 8.97. The van der Waals surface area contributed by atoms with E-state index in [-0.39, 0.29) is 18.1 Å². The number of nitrogens with one attached hydrogen (secondary N) is 4. The highest BCUT2D eigenvalue weighted by atomic mass is 16.2. The van der Waals surface area contributed by atoms with Crippen LogP contribution in [0.15, 0.2) is 54.6 Å². The Labute approximate surface area is 206 Å². The molecule has 3 aromatic rings. The van der Waals surface area contributed by atoms with Crippen LogP contribution in [0, 0.1) is 6.92 Å². The molecule has 1 aliphatic rings. The first-order valence-electron chi connectivity index (χ1n) is 12.3. The van der Waals surface area contributed by atoms with Crippen LogP contribution < -0.4 is 21.3 Å². The van der Waals surface area contributed by atoms with Crippen LogP contribution >= 0.6 is 0 Å². The number of piperidine rings is 1. The fourth-order valence-electron chi connectivity index (χ4n) is 4.38. The molecule has 0 radical (unpaired) electrons. The maximum Gasteiger partial charge on any atom is 0.319 e. The summed E-state index contributed by atoms with van der Waals surface area (Å²) in [4.78, 5) is 31.6. The number of para-hydroxylation sites is 1. The van der Waals surface area contributed by atoms with E-state index >= 15 is 0 Å². The second-order valence-corrected chi connectivity index (χ2v) is 8.97. The minimum absolute atomic E-state index is 0.153. The third-order valence-electron chi connectivity index (χ3n) is 6.35. The van der Waals surface area contributed by atoms with Crippen LogP contribution in [0.25, 0.3) is 10.9 Å². The summed E-state index contributed by atoms with van der Waals surface area (Å²) in [5, 5.41) is 12.8. The van der Waals surface area contributed by atoms with Gasteiger partial charge in [-0.05, 0) is 56.0 Å². The number of urea groups is 2. The van der Waals surface area contributed by atoms with E-state index in [1.807, 2.05) is 61.5 Å². The lowest BCUT2D eigenvalue weighted by atomic mass is 10.1. The topological polar surface area (TPSA) is 98.4 Å². The Hall–Kier alpha value is -3.65. The second kappa shape index (κ2) is 11.7. The van der Waals surface area contributed by atoms with Crippen LogP contribution in [-0.2, 0) is 6.42 Å². The minimum atomic E-state index is -0.221. The predicted molar refractivity (Wildman–Crippen MR) is 141 cm³/mol. The molecule has 0 bridgehead atoms. The zero-order valence-corrected chi connectivity index (χ0v) is 20.4. The summed E-state index contributed by atoms with van der Waals surface area (Å²) >= 11 is 0. The number of hydrogen-bond acceptors (Lipinski definition) is 4. The molecule has 0 spiro atoms. The van der Waals surface area contributed by atoms with Gasteiger partial charge in [-0.1, -0.05) is 37.3 Å². The van der Waals surface area contributed by atoms with Crippen LogP contribution in [0.2, 0.25) is 0 Å². The molecule has 1 aliphatic heterocycles. The number of amides is 4. The van der Waals surface area contributed by atoms with E-state index in [1.54, 1.807) is 0 Å². The monoisotopic (exact) mass is 474 g/mol. The zero-order chi connectivity index (χ0) is 24.6. The van der Waals surface area contributed by atoms with E-state index in [2.05, 4.69) is 38.1 Å². The molecular formula is C27H34N6O2. The zero-order valence-electron chi connectivity index (χ0n) is 20.4. The Morgan fingerprint density at radius 2 is 1.74 bits per heavy atom. The Balaban J connectivity index is 1.15. The number of likely N-dealkylation sites (tertiary alicyclic amines) is 1. The molecule has 1 fully saturated rings. The van der Waals surface area contributed by atoms with Gasteiger partial charge < -0.3 is 26.2 Å². The number of fused-ring (bicyclic) bond motifs is 1. The van der Waals surface area contributed by atoms with Crippen molar-refractivity contribution in [1.82, 2.24) is 20.5 Å². The highest BCUT2D eigenvalue weighted by molar-refractivity contribution is 6.00. The molecule has 4 amide bonds. The number of nitrogens with zero attached hydrogens (tertiary/aromatic N) is 2. The molecule has 0 saturated carbocycles. The number of aromatic nitrogens is 1. The van der Waals surface area contributed by atoms with Crippen LogP contribution in [0.5, 0.6) is 0 Å². The molecule has 2 heterocycles. The first-order valence-corrected chi connectivity index (χ1v) is 12.3. The summed E-state index contributed by atoms with van der Waals surface area (Å²) in [6, 6.07) is 17.4. The van der Waals surface area contributed by atoms with Gasteiger partial charge in [-0.25, -0.2) is 9.59 Å². The number of pyridine rings is 1. The Bertz CT molecular complexity index is 1160. The molecule has 8 heteroatoms. The predicted octanol–water partition coefficient (Wildman–Crippen LogP) is 4.51. The molecule has 2 aromatic carbocycles. The molecular weight excluding hydrogens is 440 g/mol. The molecule has 35 heavy (non-hydrogen) atoms. The lowest BCUT2D eigenvalue weighted by molar-refractivity contribution is 0.196. The van der Waals surface area contributed by atoms with E-state index in [9.17, 15) is 9.59 Å². The number of hydrogen-bond donors (Lipinski definition) is 4. The average molecular weight is 475 g/mol. The van der Waals surface area contributed by atoms with Crippen molar-refractivity contribution in [3.8, 4) is 0 Å². The van der Waals surface area contributed by atoms with Crippen LogP contribution in [-0.4, -0.2) is 54.2 Å². The number of carbonyl (C=O) groups excluding carboxylic acids is 2. The van der Waals surface area contributed by atoms with Gasteiger partial charge >= 0.3 is 12.1 Å². The molecule has 4 rings (SSSR count). The van der Waals surface area contributed by atoms with Gasteiger partial charge in [0.05, 0.1) is 11.2 Å². The van der Waals surface area contributed by atoms with Crippen LogP contribution in [0.1, 0.15) is 31.0 Å². The smallest absolute Gasteiger partial charge is 0.319 e. The van der Waals surface area contributed by atoms with Gasteiger partial charge in [-0.3, -0.25) is 4.98 Å². The fraction of sp³-hybridized carbons (Fsp3) is 0.370. The molecule has 0 aliphatic carbocycles. The molecule has 0 atom stereocenters. The van der Waals surface area contributed by atoms with Gasteiger partial charge in [0.25, 0.3) is 0 Å². The number of benzene rings is 2. The van der Waals surface area contributed by atoms with Gasteiger partial charge in [-0.15, -0.1) is 0 Å². The summed E-state index contributed by atoms with van der Waals surface area (Å²) in [6.07, 6.45) is 2.75. The van der Waals surface area contributed by atoms with Gasteiger partial charge in [0.1, 0.15) is 0 Å². The molecule has 8 nitrogen and oxygen atoms in total. The summed E-state index contributed by atoms with van der Waals surface area (Å²) in [7, 11) is 0. The van der Waals surface area contributed by atoms with Gasteiger partial charge in [0, 0.05) is 49.0 Å². The first-order chi connectivity index (χ1) is 17.0. The number of anilines is 2. The maximum absolute atomic E-state index is 12.5. The maximum atomic E-state index is 12.5. The largest absolute Gasteiger partial charge is 0.337 e.